The number of aliphatic hydroxyl groups excluding tert-OH is 1. The molecule has 0 saturated carbocycles. The zero-order valence-corrected chi connectivity index (χ0v) is 27.2. The topological polar surface area (TPSA) is 91.3 Å². The molecule has 5 rings (SSSR count). The molecule has 2 aliphatic rings. The van der Waals surface area contributed by atoms with E-state index in [-0.39, 0.29) is 44.2 Å². The molecule has 0 radical (unpaired) electrons. The van der Waals surface area contributed by atoms with Crippen molar-refractivity contribution in [3.05, 3.63) is 108 Å². The van der Waals surface area contributed by atoms with Crippen molar-refractivity contribution in [2.75, 3.05) is 26.7 Å². The second-order valence-corrected chi connectivity index (χ2v) is 12.5. The maximum absolute atomic E-state index is 13.0. The number of amides is 2. The van der Waals surface area contributed by atoms with E-state index in [0.717, 1.165) is 33.4 Å². The molecule has 2 fully saturated rings. The Bertz CT molecular complexity index is 1580. The number of likely N-dealkylation sites (N-methyl/N-ethyl adjacent to an activating group) is 1. The van der Waals surface area contributed by atoms with Crippen LogP contribution in [0.2, 0.25) is 0 Å². The van der Waals surface area contributed by atoms with Gasteiger partial charge < -0.3 is 29.7 Å². The summed E-state index contributed by atoms with van der Waals surface area (Å²) in [5.74, 6) is -2.55. The zero-order valence-electron chi connectivity index (χ0n) is 27.2. The van der Waals surface area contributed by atoms with Crippen LogP contribution in [0, 0.1) is 5.92 Å². The van der Waals surface area contributed by atoms with Crippen molar-refractivity contribution in [2.24, 2.45) is 5.92 Å². The highest BCUT2D eigenvalue weighted by molar-refractivity contribution is 5.90. The lowest BCUT2D eigenvalue weighted by Gasteiger charge is -2.42. The lowest BCUT2D eigenvalue weighted by Crippen LogP contribution is -2.50. The van der Waals surface area contributed by atoms with Gasteiger partial charge in [0.25, 0.3) is 0 Å². The van der Waals surface area contributed by atoms with Gasteiger partial charge in [0, 0.05) is 37.7 Å². The average molecular weight is 666 g/mol. The molecule has 2 amide bonds. The molecule has 2 heterocycles. The predicted octanol–water partition coefficient (Wildman–Crippen LogP) is 5.92. The molecule has 0 bridgehead atoms. The molecule has 256 valence electrons. The van der Waals surface area contributed by atoms with Crippen molar-refractivity contribution in [3.63, 3.8) is 0 Å². The van der Waals surface area contributed by atoms with Crippen molar-refractivity contribution in [1.29, 1.82) is 0 Å². The van der Waals surface area contributed by atoms with Gasteiger partial charge in [-0.05, 0) is 59.8 Å². The first-order chi connectivity index (χ1) is 23.0. The van der Waals surface area contributed by atoms with Crippen LogP contribution >= 0.6 is 0 Å². The average Bonchev–Trinajstić information content (AvgIpc) is 3.58. The number of likely N-dealkylation sites (tertiary alicyclic amines) is 1. The highest BCUT2D eigenvalue weighted by atomic mass is 19.4. The van der Waals surface area contributed by atoms with E-state index < -0.39 is 30.3 Å². The molecule has 8 nitrogen and oxygen atoms in total. The van der Waals surface area contributed by atoms with Gasteiger partial charge in [-0.3, -0.25) is 9.59 Å². The number of hydrogen-bond acceptors (Lipinski definition) is 6. The molecule has 2 saturated heterocycles. The van der Waals surface area contributed by atoms with Crippen LogP contribution in [-0.4, -0.2) is 71.7 Å². The number of carbonyl (C=O) groups excluding carboxylic acids is 2. The number of aliphatic hydroxyl groups is 1. The first-order valence-corrected chi connectivity index (χ1v) is 16.1. The van der Waals surface area contributed by atoms with Gasteiger partial charge in [-0.15, -0.1) is 6.58 Å². The second-order valence-electron chi connectivity index (χ2n) is 12.5. The van der Waals surface area contributed by atoms with E-state index in [0.29, 0.717) is 24.4 Å². The number of rotatable bonds is 11. The monoisotopic (exact) mass is 665 g/mol. The lowest BCUT2D eigenvalue weighted by molar-refractivity contribution is -0.275. The molecule has 0 aromatic heterocycles. The standard InChI is InChI=1S/C37H42F3N3O5/c1-4-17-42(3)22-32-24(2)33(27-15-13-25(23-44)14-16-27)48-35(47-32)30-11-6-10-29(20-30)28-9-5-8-26(19-28)21-41-34(45)31-12-7-18-43(31)36(46)37(38,39)40/h4-6,8-11,13-16,19-20,24,31-33,35,44H,1,7,12,17-18,21-23H2,2-3H3,(H,41,45)/t24-,31-,32+,33+,35+/m0/s1. The third-order valence-corrected chi connectivity index (χ3v) is 9.00. The fraction of sp³-hybridized carbons (Fsp3) is 0.405. The number of alkyl halides is 3. The van der Waals surface area contributed by atoms with Crippen LogP contribution in [0.25, 0.3) is 11.1 Å². The minimum absolute atomic E-state index is 0.0338. The van der Waals surface area contributed by atoms with Crippen LogP contribution in [0.5, 0.6) is 0 Å². The van der Waals surface area contributed by atoms with Crippen molar-refractivity contribution in [2.45, 2.75) is 63.6 Å². The Labute approximate surface area is 279 Å². The Hall–Kier alpha value is -4.03. The van der Waals surface area contributed by atoms with E-state index in [9.17, 15) is 27.9 Å². The number of ether oxygens (including phenoxy) is 2. The molecule has 0 spiro atoms. The normalized spacial score (nSPS) is 22.9. The van der Waals surface area contributed by atoms with E-state index in [2.05, 4.69) is 23.7 Å². The molecule has 0 unspecified atom stereocenters. The van der Waals surface area contributed by atoms with Gasteiger partial charge in [-0.25, -0.2) is 0 Å². The minimum Gasteiger partial charge on any atom is -0.392 e. The van der Waals surface area contributed by atoms with Crippen LogP contribution in [0.3, 0.4) is 0 Å². The highest BCUT2D eigenvalue weighted by Crippen LogP contribution is 2.42. The molecule has 3 aromatic carbocycles. The SMILES string of the molecule is C=CCN(C)C[C@H]1O[C@@H](c2cccc(-c3cccc(CNC(=O)[C@@H]4CCCN4C(=O)C(F)(F)F)c3)c2)O[C@@H](c2ccc(CO)cc2)[C@H]1C. The smallest absolute Gasteiger partial charge is 0.392 e. The van der Waals surface area contributed by atoms with Gasteiger partial charge >= 0.3 is 12.1 Å². The molecular formula is C37H42F3N3O5. The number of nitrogens with zero attached hydrogens (tertiary/aromatic N) is 2. The third kappa shape index (κ3) is 8.33. The molecule has 0 aliphatic carbocycles. The molecule has 5 atom stereocenters. The fourth-order valence-electron chi connectivity index (χ4n) is 6.41. The quantitative estimate of drug-likeness (QED) is 0.247. The Morgan fingerprint density at radius 3 is 2.42 bits per heavy atom. The number of benzene rings is 3. The van der Waals surface area contributed by atoms with Crippen molar-refractivity contribution >= 4 is 11.8 Å². The Morgan fingerprint density at radius 1 is 1.02 bits per heavy atom. The summed E-state index contributed by atoms with van der Waals surface area (Å²) in [5.41, 5.74) is 5.19. The van der Waals surface area contributed by atoms with E-state index in [1.807, 2.05) is 85.9 Å². The molecule has 11 heteroatoms. The van der Waals surface area contributed by atoms with Crippen molar-refractivity contribution < 1.29 is 37.3 Å². The van der Waals surface area contributed by atoms with Crippen LogP contribution in [-0.2, 0) is 32.2 Å². The molecule has 3 aromatic rings. The van der Waals surface area contributed by atoms with Gasteiger partial charge in [0.1, 0.15) is 6.04 Å². The first-order valence-electron chi connectivity index (χ1n) is 16.1. The summed E-state index contributed by atoms with van der Waals surface area (Å²) in [6.45, 7) is 7.32. The van der Waals surface area contributed by atoms with Crippen LogP contribution in [0.4, 0.5) is 13.2 Å². The second kappa shape index (κ2) is 15.5. The van der Waals surface area contributed by atoms with Gasteiger partial charge in [-0.2, -0.15) is 13.2 Å². The summed E-state index contributed by atoms with van der Waals surface area (Å²) in [6.07, 6.45) is -3.69. The molecule has 2 aliphatic heterocycles. The summed E-state index contributed by atoms with van der Waals surface area (Å²) in [4.78, 5) is 27.4. The summed E-state index contributed by atoms with van der Waals surface area (Å²) in [5, 5.41) is 12.2. The fourth-order valence-corrected chi connectivity index (χ4v) is 6.41. The maximum atomic E-state index is 13.0. The van der Waals surface area contributed by atoms with Crippen LogP contribution < -0.4 is 5.32 Å². The number of hydrogen-bond donors (Lipinski definition) is 2. The van der Waals surface area contributed by atoms with Crippen molar-refractivity contribution in [1.82, 2.24) is 15.1 Å². The maximum Gasteiger partial charge on any atom is 0.471 e. The Balaban J connectivity index is 1.32. The highest BCUT2D eigenvalue weighted by Gasteiger charge is 2.47. The summed E-state index contributed by atoms with van der Waals surface area (Å²) < 4.78 is 52.3. The van der Waals surface area contributed by atoms with Crippen LogP contribution in [0.1, 0.15) is 54.4 Å². The van der Waals surface area contributed by atoms with E-state index >= 15 is 0 Å². The summed E-state index contributed by atoms with van der Waals surface area (Å²) in [7, 11) is 2.02. The van der Waals surface area contributed by atoms with Gasteiger partial charge in [-0.1, -0.05) is 73.7 Å². The van der Waals surface area contributed by atoms with Gasteiger partial charge in [0.2, 0.25) is 5.91 Å². The predicted molar refractivity (Wildman–Crippen MR) is 175 cm³/mol. The van der Waals surface area contributed by atoms with Crippen LogP contribution in [0.15, 0.2) is 85.5 Å². The number of nitrogens with one attached hydrogen (secondary N) is 1. The summed E-state index contributed by atoms with van der Waals surface area (Å²) in [6, 6.07) is 22.0. The zero-order chi connectivity index (χ0) is 34.4. The molecule has 48 heavy (non-hydrogen) atoms. The number of carbonyl (C=O) groups is 2. The van der Waals surface area contributed by atoms with E-state index in [4.69, 9.17) is 9.47 Å². The molecular weight excluding hydrogens is 623 g/mol. The Kier molecular flexibility index (Phi) is 11.4. The van der Waals surface area contributed by atoms with Crippen molar-refractivity contribution in [3.8, 4) is 11.1 Å². The Morgan fingerprint density at radius 2 is 1.73 bits per heavy atom. The van der Waals surface area contributed by atoms with Gasteiger partial charge in [0.05, 0.1) is 18.8 Å². The number of halogens is 3. The van der Waals surface area contributed by atoms with Gasteiger partial charge in [0.15, 0.2) is 6.29 Å². The lowest BCUT2D eigenvalue weighted by atomic mass is 9.90. The van der Waals surface area contributed by atoms with E-state index in [1.165, 1.54) is 0 Å². The summed E-state index contributed by atoms with van der Waals surface area (Å²) >= 11 is 0. The molecule has 2 N–H and O–H groups in total. The first kappa shape index (κ1) is 35.3. The van der Waals surface area contributed by atoms with E-state index in [1.54, 1.807) is 0 Å². The minimum atomic E-state index is -5.02. The third-order valence-electron chi connectivity index (χ3n) is 9.00. The largest absolute Gasteiger partial charge is 0.471 e.